The Bertz CT molecular complexity index is 265. The first-order valence-corrected chi connectivity index (χ1v) is 5.62. The van der Waals surface area contributed by atoms with E-state index in [1.54, 1.807) is 0 Å². The van der Waals surface area contributed by atoms with Crippen LogP contribution in [0, 0.1) is 5.92 Å². The lowest BCUT2D eigenvalue weighted by Gasteiger charge is -2.22. The van der Waals surface area contributed by atoms with Crippen molar-refractivity contribution in [3.8, 4) is 0 Å². The van der Waals surface area contributed by atoms with Gasteiger partial charge in [-0.05, 0) is 5.92 Å². The van der Waals surface area contributed by atoms with Crippen molar-refractivity contribution in [1.29, 1.82) is 0 Å². The highest BCUT2D eigenvalue weighted by molar-refractivity contribution is 7.80. The second kappa shape index (κ2) is 4.88. The van der Waals surface area contributed by atoms with Crippen LogP contribution in [0.1, 0.15) is 27.2 Å². The monoisotopic (exact) mass is 231 g/mol. The van der Waals surface area contributed by atoms with E-state index in [4.69, 9.17) is 4.74 Å². The second-order valence-corrected chi connectivity index (χ2v) is 5.09. The Morgan fingerprint density at radius 2 is 2.20 bits per heavy atom. The van der Waals surface area contributed by atoms with E-state index >= 15 is 0 Å². The molecule has 4 nitrogen and oxygen atoms in total. The molecule has 0 aromatic heterocycles. The summed E-state index contributed by atoms with van der Waals surface area (Å²) < 4.78 is 4.88. The van der Waals surface area contributed by atoms with Gasteiger partial charge in [0.2, 0.25) is 5.91 Å². The largest absolute Gasteiger partial charge is 0.447 e. The maximum Gasteiger partial charge on any atom is 0.416 e. The second-order valence-electron chi connectivity index (χ2n) is 4.21. The SMILES string of the molecule is CC(C)[C@H]1COC(=O)N1C(=O)C[C@H](C)S. The topological polar surface area (TPSA) is 46.6 Å². The maximum atomic E-state index is 11.8. The van der Waals surface area contributed by atoms with Gasteiger partial charge in [-0.1, -0.05) is 20.8 Å². The number of ether oxygens (including phenoxy) is 1. The van der Waals surface area contributed by atoms with E-state index in [0.717, 1.165) is 0 Å². The van der Waals surface area contributed by atoms with Gasteiger partial charge in [-0.15, -0.1) is 0 Å². The summed E-state index contributed by atoms with van der Waals surface area (Å²) >= 11 is 4.14. The van der Waals surface area contributed by atoms with Crippen LogP contribution < -0.4 is 0 Å². The minimum absolute atomic E-state index is 0.0429. The number of thiol groups is 1. The van der Waals surface area contributed by atoms with E-state index in [1.807, 2.05) is 20.8 Å². The van der Waals surface area contributed by atoms with Gasteiger partial charge in [0.15, 0.2) is 0 Å². The number of rotatable bonds is 3. The van der Waals surface area contributed by atoms with Gasteiger partial charge in [0.25, 0.3) is 0 Å². The highest BCUT2D eigenvalue weighted by Gasteiger charge is 2.39. The van der Waals surface area contributed by atoms with Gasteiger partial charge in [-0.2, -0.15) is 12.6 Å². The predicted molar refractivity (Wildman–Crippen MR) is 59.9 cm³/mol. The molecule has 0 spiro atoms. The fourth-order valence-corrected chi connectivity index (χ4v) is 1.72. The molecule has 5 heteroatoms. The third-order valence-electron chi connectivity index (χ3n) is 2.41. The fraction of sp³-hybridized carbons (Fsp3) is 0.800. The van der Waals surface area contributed by atoms with Crippen LogP contribution in [0.3, 0.4) is 0 Å². The molecular weight excluding hydrogens is 214 g/mol. The van der Waals surface area contributed by atoms with Crippen LogP contribution >= 0.6 is 12.6 Å². The average Bonchev–Trinajstić information content (AvgIpc) is 2.45. The van der Waals surface area contributed by atoms with E-state index in [0.29, 0.717) is 6.61 Å². The van der Waals surface area contributed by atoms with E-state index in [1.165, 1.54) is 4.90 Å². The zero-order valence-corrected chi connectivity index (χ0v) is 10.2. The Kier molecular flexibility index (Phi) is 4.02. The summed E-state index contributed by atoms with van der Waals surface area (Å²) in [6.45, 7) is 6.07. The summed E-state index contributed by atoms with van der Waals surface area (Å²) in [6.07, 6.45) is -0.255. The first-order chi connectivity index (χ1) is 6.93. The highest BCUT2D eigenvalue weighted by atomic mass is 32.1. The molecule has 1 aliphatic heterocycles. The standard InChI is InChI=1S/C10H17NO3S/c1-6(2)8-5-14-10(13)11(8)9(12)4-7(3)15/h6-8,15H,4-5H2,1-3H3/t7-,8+/m0/s1. The number of carbonyl (C=O) groups is 2. The molecule has 1 heterocycles. The number of cyclic esters (lactones) is 1. The van der Waals surface area contributed by atoms with Crippen LogP contribution in [-0.4, -0.2) is 34.8 Å². The smallest absolute Gasteiger partial charge is 0.416 e. The first kappa shape index (κ1) is 12.4. The highest BCUT2D eigenvalue weighted by Crippen LogP contribution is 2.21. The Balaban J connectivity index is 2.71. The Hall–Kier alpha value is -0.710. The summed E-state index contributed by atoms with van der Waals surface area (Å²) in [7, 11) is 0. The summed E-state index contributed by atoms with van der Waals surface area (Å²) in [6, 6.07) is -0.128. The van der Waals surface area contributed by atoms with Crippen LogP contribution in [-0.2, 0) is 9.53 Å². The van der Waals surface area contributed by atoms with Crippen molar-refractivity contribution in [2.75, 3.05) is 6.61 Å². The van der Waals surface area contributed by atoms with Gasteiger partial charge in [0.1, 0.15) is 6.61 Å². The third kappa shape index (κ3) is 2.87. The molecule has 0 N–H and O–H groups in total. The van der Waals surface area contributed by atoms with Gasteiger partial charge < -0.3 is 4.74 Å². The van der Waals surface area contributed by atoms with Crippen molar-refractivity contribution in [2.45, 2.75) is 38.5 Å². The van der Waals surface area contributed by atoms with Crippen molar-refractivity contribution >= 4 is 24.6 Å². The molecule has 2 amide bonds. The Morgan fingerprint density at radius 1 is 1.60 bits per heavy atom. The Labute approximate surface area is 95.4 Å². The van der Waals surface area contributed by atoms with Gasteiger partial charge in [0.05, 0.1) is 6.04 Å². The van der Waals surface area contributed by atoms with Crippen molar-refractivity contribution in [2.24, 2.45) is 5.92 Å². The molecule has 1 saturated heterocycles. The Morgan fingerprint density at radius 3 is 2.67 bits per heavy atom. The van der Waals surface area contributed by atoms with Crippen LogP contribution in [0.4, 0.5) is 4.79 Å². The number of nitrogens with zero attached hydrogens (tertiary/aromatic N) is 1. The first-order valence-electron chi connectivity index (χ1n) is 5.10. The van der Waals surface area contributed by atoms with Crippen molar-refractivity contribution in [3.05, 3.63) is 0 Å². The molecule has 0 unspecified atom stereocenters. The number of hydrogen-bond acceptors (Lipinski definition) is 4. The minimum Gasteiger partial charge on any atom is -0.447 e. The van der Waals surface area contributed by atoms with Crippen molar-refractivity contribution < 1.29 is 14.3 Å². The molecule has 1 aliphatic rings. The number of hydrogen-bond donors (Lipinski definition) is 1. The van der Waals surface area contributed by atoms with Crippen LogP contribution in [0.2, 0.25) is 0 Å². The molecule has 0 aromatic carbocycles. The molecular formula is C10H17NO3S. The number of amides is 2. The van der Waals surface area contributed by atoms with Gasteiger partial charge in [-0.25, -0.2) is 9.69 Å². The predicted octanol–water partition coefficient (Wildman–Crippen LogP) is 1.70. The van der Waals surface area contributed by atoms with Gasteiger partial charge >= 0.3 is 6.09 Å². The normalized spacial score (nSPS) is 23.1. The van der Waals surface area contributed by atoms with E-state index in [9.17, 15) is 9.59 Å². The number of imide groups is 1. The molecule has 86 valence electrons. The zero-order chi connectivity index (χ0) is 11.6. The van der Waals surface area contributed by atoms with Crippen LogP contribution in [0.15, 0.2) is 0 Å². The van der Waals surface area contributed by atoms with Gasteiger partial charge in [-0.3, -0.25) is 4.79 Å². The summed E-state index contributed by atoms with van der Waals surface area (Å²) in [5.74, 6) is 0.0225. The minimum atomic E-state index is -0.521. The van der Waals surface area contributed by atoms with Crippen LogP contribution in [0.25, 0.3) is 0 Å². The van der Waals surface area contributed by atoms with Crippen molar-refractivity contribution in [1.82, 2.24) is 4.90 Å². The summed E-state index contributed by atoms with van der Waals surface area (Å²) in [4.78, 5) is 24.4. The number of carbonyl (C=O) groups excluding carboxylic acids is 2. The quantitative estimate of drug-likeness (QED) is 0.752. The lowest BCUT2D eigenvalue weighted by molar-refractivity contribution is -0.129. The average molecular weight is 231 g/mol. The summed E-state index contributed by atoms with van der Waals surface area (Å²) in [5.41, 5.74) is 0. The lowest BCUT2D eigenvalue weighted by Crippen LogP contribution is -2.42. The molecule has 0 aliphatic carbocycles. The van der Waals surface area contributed by atoms with Crippen molar-refractivity contribution in [3.63, 3.8) is 0 Å². The van der Waals surface area contributed by atoms with E-state index in [2.05, 4.69) is 12.6 Å². The molecule has 0 radical (unpaired) electrons. The molecule has 1 rings (SSSR count). The summed E-state index contributed by atoms with van der Waals surface area (Å²) in [5, 5.41) is -0.0429. The van der Waals surface area contributed by atoms with Gasteiger partial charge in [0, 0.05) is 11.7 Å². The molecule has 0 aromatic rings. The lowest BCUT2D eigenvalue weighted by atomic mass is 10.0. The molecule has 2 atom stereocenters. The molecule has 15 heavy (non-hydrogen) atoms. The molecule has 0 bridgehead atoms. The molecule has 1 fully saturated rings. The van der Waals surface area contributed by atoms with E-state index < -0.39 is 6.09 Å². The maximum absolute atomic E-state index is 11.8. The van der Waals surface area contributed by atoms with Crippen LogP contribution in [0.5, 0.6) is 0 Å². The van der Waals surface area contributed by atoms with E-state index in [-0.39, 0.29) is 29.5 Å². The molecule has 0 saturated carbocycles. The fourth-order valence-electron chi connectivity index (χ4n) is 1.56. The zero-order valence-electron chi connectivity index (χ0n) is 9.27. The third-order valence-corrected chi connectivity index (χ3v) is 2.60.